The SMILES string of the molecule is C=C.CCC[Si](C)(OC)OC. The fraction of sp³-hybridized carbons (Fsp3) is 0.750. The van der Waals surface area contributed by atoms with Gasteiger partial charge in [-0.05, 0) is 12.6 Å². The topological polar surface area (TPSA) is 18.5 Å². The van der Waals surface area contributed by atoms with Crippen molar-refractivity contribution >= 4 is 8.56 Å². The van der Waals surface area contributed by atoms with E-state index in [1.807, 2.05) is 0 Å². The van der Waals surface area contributed by atoms with Gasteiger partial charge in [0.15, 0.2) is 0 Å². The quantitative estimate of drug-likeness (QED) is 0.484. The molecular formula is C8H20O2Si. The molecule has 0 N–H and O–H groups in total. The lowest BCUT2D eigenvalue weighted by Gasteiger charge is -2.21. The fourth-order valence-corrected chi connectivity index (χ4v) is 2.22. The van der Waals surface area contributed by atoms with E-state index < -0.39 is 8.56 Å². The third-order valence-electron chi connectivity index (χ3n) is 1.57. The lowest BCUT2D eigenvalue weighted by molar-refractivity contribution is 0.249. The van der Waals surface area contributed by atoms with Crippen LogP contribution in [0.5, 0.6) is 0 Å². The highest BCUT2D eigenvalue weighted by molar-refractivity contribution is 6.65. The van der Waals surface area contributed by atoms with E-state index in [4.69, 9.17) is 8.85 Å². The molecule has 0 fully saturated rings. The van der Waals surface area contributed by atoms with E-state index in [2.05, 4.69) is 26.6 Å². The Morgan fingerprint density at radius 3 is 1.64 bits per heavy atom. The van der Waals surface area contributed by atoms with Crippen LogP contribution in [0, 0.1) is 0 Å². The Kier molecular flexibility index (Phi) is 9.77. The van der Waals surface area contributed by atoms with Crippen molar-refractivity contribution in [2.24, 2.45) is 0 Å². The molecule has 0 spiro atoms. The highest BCUT2D eigenvalue weighted by Gasteiger charge is 2.26. The number of rotatable bonds is 4. The maximum atomic E-state index is 5.24. The predicted octanol–water partition coefficient (Wildman–Crippen LogP) is 2.56. The summed E-state index contributed by atoms with van der Waals surface area (Å²) in [5, 5.41) is 0. The van der Waals surface area contributed by atoms with Crippen molar-refractivity contribution in [3.63, 3.8) is 0 Å². The summed E-state index contributed by atoms with van der Waals surface area (Å²) in [6.07, 6.45) is 1.14. The largest absolute Gasteiger partial charge is 0.398 e. The molecule has 0 radical (unpaired) electrons. The zero-order valence-corrected chi connectivity index (χ0v) is 9.14. The van der Waals surface area contributed by atoms with Gasteiger partial charge in [-0.3, -0.25) is 0 Å². The van der Waals surface area contributed by atoms with Gasteiger partial charge in [-0.15, -0.1) is 13.2 Å². The zero-order valence-electron chi connectivity index (χ0n) is 8.14. The molecule has 0 heterocycles. The van der Waals surface area contributed by atoms with Crippen LogP contribution in [0.15, 0.2) is 13.2 Å². The molecule has 11 heavy (non-hydrogen) atoms. The molecule has 0 aliphatic carbocycles. The molecule has 0 aliphatic rings. The molecule has 0 rings (SSSR count). The van der Waals surface area contributed by atoms with Crippen LogP contribution >= 0.6 is 0 Å². The smallest absolute Gasteiger partial charge is 0.334 e. The van der Waals surface area contributed by atoms with Crippen LogP contribution in [0.3, 0.4) is 0 Å². The minimum atomic E-state index is -1.70. The Morgan fingerprint density at radius 1 is 1.18 bits per heavy atom. The van der Waals surface area contributed by atoms with Crippen LogP contribution in [0.25, 0.3) is 0 Å². The molecule has 0 bridgehead atoms. The third-order valence-corrected chi connectivity index (χ3v) is 4.70. The fourth-order valence-electron chi connectivity index (χ4n) is 0.742. The van der Waals surface area contributed by atoms with Crippen LogP contribution in [0.2, 0.25) is 12.6 Å². The molecule has 0 atom stereocenters. The first-order valence-electron chi connectivity index (χ1n) is 3.79. The molecule has 68 valence electrons. The summed E-state index contributed by atoms with van der Waals surface area (Å²) in [7, 11) is 1.76. The summed E-state index contributed by atoms with van der Waals surface area (Å²) in [6, 6.07) is 1.08. The standard InChI is InChI=1S/C6H16O2Si.C2H4/c1-5-6-9(4,7-2)8-3;1-2/h5-6H2,1-4H3;1-2H2. The van der Waals surface area contributed by atoms with Gasteiger partial charge < -0.3 is 8.85 Å². The first-order valence-corrected chi connectivity index (χ1v) is 6.31. The van der Waals surface area contributed by atoms with Crippen molar-refractivity contribution in [1.29, 1.82) is 0 Å². The molecule has 0 unspecified atom stereocenters. The van der Waals surface area contributed by atoms with Crippen LogP contribution in [0.4, 0.5) is 0 Å². The summed E-state index contributed by atoms with van der Waals surface area (Å²) >= 11 is 0. The van der Waals surface area contributed by atoms with E-state index in [1.165, 1.54) is 0 Å². The van der Waals surface area contributed by atoms with Crippen molar-refractivity contribution in [2.45, 2.75) is 25.9 Å². The lowest BCUT2D eigenvalue weighted by Crippen LogP contribution is -2.35. The second kappa shape index (κ2) is 7.98. The minimum absolute atomic E-state index is 1.08. The van der Waals surface area contributed by atoms with Gasteiger partial charge in [0, 0.05) is 14.2 Å². The molecule has 2 nitrogen and oxygen atoms in total. The average Bonchev–Trinajstić information content (AvgIpc) is 2.08. The number of hydrogen-bond donors (Lipinski definition) is 0. The summed E-state index contributed by atoms with van der Waals surface area (Å²) in [4.78, 5) is 0. The molecule has 0 saturated carbocycles. The summed E-state index contributed by atoms with van der Waals surface area (Å²) in [5.74, 6) is 0. The van der Waals surface area contributed by atoms with E-state index in [9.17, 15) is 0 Å². The normalized spacial score (nSPS) is 10.2. The molecule has 0 aromatic rings. The molecule has 0 aliphatic heterocycles. The molecule has 0 amide bonds. The Hall–Kier alpha value is -0.123. The highest BCUT2D eigenvalue weighted by Crippen LogP contribution is 2.12. The van der Waals surface area contributed by atoms with Gasteiger partial charge in [-0.25, -0.2) is 0 Å². The maximum absolute atomic E-state index is 5.24. The second-order valence-corrected chi connectivity index (χ2v) is 5.88. The third kappa shape index (κ3) is 6.28. The van der Waals surface area contributed by atoms with E-state index in [-0.39, 0.29) is 0 Å². The Morgan fingerprint density at radius 2 is 1.55 bits per heavy atom. The van der Waals surface area contributed by atoms with Crippen molar-refractivity contribution in [3.8, 4) is 0 Å². The van der Waals surface area contributed by atoms with Gasteiger partial charge in [0.25, 0.3) is 0 Å². The summed E-state index contributed by atoms with van der Waals surface area (Å²) in [5.41, 5.74) is 0. The van der Waals surface area contributed by atoms with E-state index in [0.29, 0.717) is 0 Å². The molecule has 0 saturated heterocycles. The molecule has 3 heteroatoms. The summed E-state index contributed by atoms with van der Waals surface area (Å²) in [6.45, 7) is 10.2. The van der Waals surface area contributed by atoms with Gasteiger partial charge in [0.05, 0.1) is 0 Å². The van der Waals surface area contributed by atoms with Crippen LogP contribution in [-0.2, 0) is 8.85 Å². The molecule has 0 aromatic heterocycles. The first-order chi connectivity index (χ1) is 5.18. The lowest BCUT2D eigenvalue weighted by atomic mass is 10.6. The Labute approximate surface area is 71.5 Å². The number of hydrogen-bond acceptors (Lipinski definition) is 2. The average molecular weight is 176 g/mol. The van der Waals surface area contributed by atoms with Crippen LogP contribution in [-0.4, -0.2) is 22.8 Å². The van der Waals surface area contributed by atoms with Crippen LogP contribution < -0.4 is 0 Å². The Balaban J connectivity index is 0. The van der Waals surface area contributed by atoms with E-state index >= 15 is 0 Å². The second-order valence-electron chi connectivity index (χ2n) is 2.29. The maximum Gasteiger partial charge on any atom is 0.334 e. The zero-order chi connectivity index (χ0) is 9.33. The van der Waals surface area contributed by atoms with Gasteiger partial charge >= 0.3 is 8.56 Å². The van der Waals surface area contributed by atoms with Crippen LogP contribution in [0.1, 0.15) is 13.3 Å². The van der Waals surface area contributed by atoms with E-state index in [0.717, 1.165) is 12.5 Å². The molecular weight excluding hydrogens is 156 g/mol. The monoisotopic (exact) mass is 176 g/mol. The Bertz CT molecular complexity index is 82.2. The van der Waals surface area contributed by atoms with Gasteiger partial charge in [0.2, 0.25) is 0 Å². The molecule has 0 aromatic carbocycles. The minimum Gasteiger partial charge on any atom is -0.398 e. The van der Waals surface area contributed by atoms with Gasteiger partial charge in [0.1, 0.15) is 0 Å². The first kappa shape index (κ1) is 13.5. The van der Waals surface area contributed by atoms with E-state index in [1.54, 1.807) is 14.2 Å². The van der Waals surface area contributed by atoms with Crippen molar-refractivity contribution < 1.29 is 8.85 Å². The summed E-state index contributed by atoms with van der Waals surface area (Å²) < 4.78 is 10.5. The van der Waals surface area contributed by atoms with Gasteiger partial charge in [-0.2, -0.15) is 0 Å². The highest BCUT2D eigenvalue weighted by atomic mass is 28.4. The van der Waals surface area contributed by atoms with Crippen molar-refractivity contribution in [3.05, 3.63) is 13.2 Å². The predicted molar refractivity (Wildman–Crippen MR) is 52.0 cm³/mol. The van der Waals surface area contributed by atoms with Crippen molar-refractivity contribution in [2.75, 3.05) is 14.2 Å². The van der Waals surface area contributed by atoms with Crippen molar-refractivity contribution in [1.82, 2.24) is 0 Å². The van der Waals surface area contributed by atoms with Gasteiger partial charge in [-0.1, -0.05) is 13.3 Å².